The molecule has 1 N–H and O–H groups in total. The fourth-order valence-electron chi connectivity index (χ4n) is 1.84. The van der Waals surface area contributed by atoms with Crippen LogP contribution >= 0.6 is 27.3 Å². The molecule has 2 aromatic rings. The molecular weight excluding hydrogens is 296 g/mol. The van der Waals surface area contributed by atoms with E-state index in [9.17, 15) is 5.11 Å². The minimum Gasteiger partial charge on any atom is -0.383 e. The number of aliphatic hydroxyl groups excluding tert-OH is 1. The van der Waals surface area contributed by atoms with Gasteiger partial charge in [0.25, 0.3) is 0 Å². The van der Waals surface area contributed by atoms with Crippen LogP contribution in [0.2, 0.25) is 0 Å². The summed E-state index contributed by atoms with van der Waals surface area (Å²) in [5, 5.41) is 10.4. The van der Waals surface area contributed by atoms with Gasteiger partial charge in [0.2, 0.25) is 0 Å². The second kappa shape index (κ2) is 4.92. The van der Waals surface area contributed by atoms with Crippen LogP contribution in [0.1, 0.15) is 32.5 Å². The molecule has 1 nitrogen and oxygen atoms in total. The summed E-state index contributed by atoms with van der Waals surface area (Å²) in [4.78, 5) is 2.19. The van der Waals surface area contributed by atoms with Crippen molar-refractivity contribution in [3.63, 3.8) is 0 Å². The number of rotatable bonds is 2. The average molecular weight is 311 g/mol. The molecule has 0 spiro atoms. The normalized spacial score (nSPS) is 12.8. The molecule has 0 aliphatic rings. The smallest absolute Gasteiger partial charge is 0.113 e. The lowest BCUT2D eigenvalue weighted by Crippen LogP contribution is -2.01. The zero-order valence-electron chi connectivity index (χ0n) is 10.1. The van der Waals surface area contributed by atoms with E-state index in [2.05, 4.69) is 35.8 Å². The summed E-state index contributed by atoms with van der Waals surface area (Å²) in [6, 6.07) is 8.07. The van der Waals surface area contributed by atoms with Gasteiger partial charge in [-0.2, -0.15) is 0 Å². The number of aliphatic hydroxyl groups is 1. The van der Waals surface area contributed by atoms with E-state index in [1.165, 1.54) is 16.0 Å². The zero-order valence-corrected chi connectivity index (χ0v) is 12.5. The average Bonchev–Trinajstić information content (AvgIpc) is 2.62. The fourth-order valence-corrected chi connectivity index (χ4v) is 3.41. The van der Waals surface area contributed by atoms with Crippen LogP contribution < -0.4 is 0 Å². The Morgan fingerprint density at radius 1 is 1.24 bits per heavy atom. The zero-order chi connectivity index (χ0) is 12.6. The highest BCUT2D eigenvalue weighted by Crippen LogP contribution is 2.35. The van der Waals surface area contributed by atoms with Crippen molar-refractivity contribution in [2.24, 2.45) is 0 Å². The molecule has 17 heavy (non-hydrogen) atoms. The molecule has 1 aromatic carbocycles. The van der Waals surface area contributed by atoms with Gasteiger partial charge in [-0.1, -0.05) is 18.2 Å². The molecule has 0 fully saturated rings. The van der Waals surface area contributed by atoms with Gasteiger partial charge in [0.05, 0.1) is 0 Å². The molecule has 0 saturated carbocycles. The van der Waals surface area contributed by atoms with Crippen molar-refractivity contribution < 1.29 is 5.11 Å². The predicted octanol–water partition coefficient (Wildman–Crippen LogP) is 4.52. The van der Waals surface area contributed by atoms with E-state index in [-0.39, 0.29) is 0 Å². The number of hydrogen-bond donors (Lipinski definition) is 1. The number of halogens is 1. The maximum atomic E-state index is 10.4. The monoisotopic (exact) mass is 310 g/mol. The lowest BCUT2D eigenvalue weighted by Gasteiger charge is -2.13. The van der Waals surface area contributed by atoms with Crippen LogP contribution in [0.5, 0.6) is 0 Å². The minimum atomic E-state index is -0.523. The molecule has 0 amide bonds. The third-order valence-corrected chi connectivity index (χ3v) is 5.28. The van der Waals surface area contributed by atoms with E-state index < -0.39 is 6.10 Å². The SMILES string of the molecule is Cc1cccc(C(O)c2cc(Br)c(C)s2)c1C. The van der Waals surface area contributed by atoms with Gasteiger partial charge in [0.1, 0.15) is 6.10 Å². The third kappa shape index (κ3) is 2.46. The van der Waals surface area contributed by atoms with Crippen molar-refractivity contribution in [2.45, 2.75) is 26.9 Å². The van der Waals surface area contributed by atoms with Crippen LogP contribution in [-0.2, 0) is 0 Å². The van der Waals surface area contributed by atoms with Crippen LogP contribution in [-0.4, -0.2) is 5.11 Å². The van der Waals surface area contributed by atoms with Crippen LogP contribution in [0.25, 0.3) is 0 Å². The lowest BCUT2D eigenvalue weighted by atomic mass is 9.98. The van der Waals surface area contributed by atoms with Crippen LogP contribution in [0.4, 0.5) is 0 Å². The Bertz CT molecular complexity index is 526. The van der Waals surface area contributed by atoms with Crippen molar-refractivity contribution in [3.8, 4) is 0 Å². The summed E-state index contributed by atoms with van der Waals surface area (Å²) in [5.41, 5.74) is 3.38. The fraction of sp³-hybridized carbons (Fsp3) is 0.286. The molecule has 0 aliphatic heterocycles. The maximum absolute atomic E-state index is 10.4. The molecule has 3 heteroatoms. The Hall–Kier alpha value is -0.640. The van der Waals surface area contributed by atoms with Gasteiger partial charge in [0.15, 0.2) is 0 Å². The summed E-state index contributed by atoms with van der Waals surface area (Å²) in [5.74, 6) is 0. The predicted molar refractivity (Wildman–Crippen MR) is 76.7 cm³/mol. The van der Waals surface area contributed by atoms with Gasteiger partial charge < -0.3 is 5.11 Å². The second-order valence-electron chi connectivity index (χ2n) is 4.24. The van der Waals surface area contributed by atoms with E-state index in [0.717, 1.165) is 14.9 Å². The summed E-state index contributed by atoms with van der Waals surface area (Å²) in [6.45, 7) is 6.18. The number of benzene rings is 1. The highest BCUT2D eigenvalue weighted by atomic mass is 79.9. The highest BCUT2D eigenvalue weighted by molar-refractivity contribution is 9.10. The number of aryl methyl sites for hydroxylation is 2. The molecule has 90 valence electrons. The first-order chi connectivity index (χ1) is 8.00. The third-order valence-electron chi connectivity index (χ3n) is 3.09. The van der Waals surface area contributed by atoms with Crippen LogP contribution in [0.15, 0.2) is 28.7 Å². The molecule has 1 aromatic heterocycles. The van der Waals surface area contributed by atoms with Gasteiger partial charge in [-0.15, -0.1) is 11.3 Å². The molecule has 1 heterocycles. The molecule has 0 aliphatic carbocycles. The summed E-state index contributed by atoms with van der Waals surface area (Å²) < 4.78 is 1.07. The van der Waals surface area contributed by atoms with Gasteiger partial charge in [-0.05, 0) is 59.5 Å². The molecular formula is C14H15BrOS. The lowest BCUT2D eigenvalue weighted by molar-refractivity contribution is 0.223. The topological polar surface area (TPSA) is 20.2 Å². The summed E-state index contributed by atoms with van der Waals surface area (Å²) in [6.07, 6.45) is -0.523. The number of hydrogen-bond acceptors (Lipinski definition) is 2. The summed E-state index contributed by atoms with van der Waals surface area (Å²) in [7, 11) is 0. The van der Waals surface area contributed by atoms with E-state index in [1.54, 1.807) is 11.3 Å². The van der Waals surface area contributed by atoms with Gasteiger partial charge in [-0.3, -0.25) is 0 Å². The standard InChI is InChI=1S/C14H15BrOS/c1-8-5-4-6-11(9(8)2)14(16)13-7-12(15)10(3)17-13/h4-7,14,16H,1-3H3. The van der Waals surface area contributed by atoms with Crippen molar-refractivity contribution in [1.82, 2.24) is 0 Å². The van der Waals surface area contributed by atoms with E-state index in [0.29, 0.717) is 0 Å². The van der Waals surface area contributed by atoms with Crippen molar-refractivity contribution in [2.75, 3.05) is 0 Å². The molecule has 1 atom stereocenters. The Kier molecular flexibility index (Phi) is 3.71. The Morgan fingerprint density at radius 2 is 1.94 bits per heavy atom. The Morgan fingerprint density at radius 3 is 2.53 bits per heavy atom. The van der Waals surface area contributed by atoms with E-state index in [1.807, 2.05) is 25.1 Å². The first kappa shape index (κ1) is 12.8. The van der Waals surface area contributed by atoms with E-state index in [4.69, 9.17) is 0 Å². The van der Waals surface area contributed by atoms with Crippen molar-refractivity contribution in [3.05, 3.63) is 55.2 Å². The van der Waals surface area contributed by atoms with Gasteiger partial charge >= 0.3 is 0 Å². The number of thiophene rings is 1. The second-order valence-corrected chi connectivity index (χ2v) is 6.39. The highest BCUT2D eigenvalue weighted by Gasteiger charge is 2.16. The first-order valence-corrected chi connectivity index (χ1v) is 7.11. The van der Waals surface area contributed by atoms with Crippen LogP contribution in [0.3, 0.4) is 0 Å². The van der Waals surface area contributed by atoms with Crippen molar-refractivity contribution >= 4 is 27.3 Å². The molecule has 2 rings (SSSR count). The first-order valence-electron chi connectivity index (χ1n) is 5.50. The van der Waals surface area contributed by atoms with E-state index >= 15 is 0 Å². The minimum absolute atomic E-state index is 0.523. The summed E-state index contributed by atoms with van der Waals surface area (Å²) >= 11 is 5.12. The Balaban J connectivity index is 2.43. The van der Waals surface area contributed by atoms with Crippen LogP contribution in [0, 0.1) is 20.8 Å². The molecule has 0 bridgehead atoms. The van der Waals surface area contributed by atoms with Gasteiger partial charge in [0, 0.05) is 14.2 Å². The molecule has 0 radical (unpaired) electrons. The van der Waals surface area contributed by atoms with Crippen molar-refractivity contribution in [1.29, 1.82) is 0 Å². The molecule has 0 saturated heterocycles. The maximum Gasteiger partial charge on any atom is 0.113 e. The molecule has 1 unspecified atom stereocenters. The largest absolute Gasteiger partial charge is 0.383 e. The Labute approximate surface area is 114 Å². The van der Waals surface area contributed by atoms with Gasteiger partial charge in [-0.25, -0.2) is 0 Å². The quantitative estimate of drug-likeness (QED) is 0.864.